The highest BCUT2D eigenvalue weighted by Gasteiger charge is 2.06. The fourth-order valence-corrected chi connectivity index (χ4v) is 0.832. The molecule has 0 atom stereocenters. The first kappa shape index (κ1) is 9.99. The molecule has 1 aromatic rings. The zero-order valence-electron chi connectivity index (χ0n) is 7.07. The summed E-state index contributed by atoms with van der Waals surface area (Å²) >= 11 is 0. The number of aromatic amines is 1. The van der Waals surface area contributed by atoms with Crippen molar-refractivity contribution in [3.63, 3.8) is 0 Å². The number of nitrogens with one attached hydrogen (secondary N) is 3. The van der Waals surface area contributed by atoms with Crippen LogP contribution in [-0.4, -0.2) is 27.3 Å². The van der Waals surface area contributed by atoms with E-state index in [2.05, 4.69) is 15.5 Å². The van der Waals surface area contributed by atoms with Crippen LogP contribution in [-0.2, 0) is 11.2 Å². The van der Waals surface area contributed by atoms with E-state index in [1.54, 1.807) is 0 Å². The largest absolute Gasteiger partial charge is 0.481 e. The van der Waals surface area contributed by atoms with Crippen LogP contribution < -0.4 is 16.6 Å². The SMILES string of the molecule is NNC(=O)Nc1cc(CC(=O)O)[nH]n1. The molecular weight excluding hydrogens is 190 g/mol. The number of aromatic nitrogens is 2. The van der Waals surface area contributed by atoms with E-state index in [-0.39, 0.29) is 12.2 Å². The van der Waals surface area contributed by atoms with Crippen LogP contribution in [0.15, 0.2) is 6.07 Å². The van der Waals surface area contributed by atoms with Gasteiger partial charge in [-0.2, -0.15) is 5.10 Å². The number of hydrogen-bond acceptors (Lipinski definition) is 4. The van der Waals surface area contributed by atoms with Crippen LogP contribution in [0.1, 0.15) is 5.69 Å². The van der Waals surface area contributed by atoms with Crippen molar-refractivity contribution in [2.24, 2.45) is 5.84 Å². The van der Waals surface area contributed by atoms with Crippen LogP contribution in [0, 0.1) is 0 Å². The van der Waals surface area contributed by atoms with Crippen LogP contribution >= 0.6 is 0 Å². The maximum absolute atomic E-state index is 10.7. The fourth-order valence-electron chi connectivity index (χ4n) is 0.832. The first-order chi connectivity index (χ1) is 6.61. The number of nitrogens with two attached hydrogens (primary N) is 1. The first-order valence-corrected chi connectivity index (χ1v) is 3.65. The van der Waals surface area contributed by atoms with Crippen LogP contribution in [0.4, 0.5) is 10.6 Å². The summed E-state index contributed by atoms with van der Waals surface area (Å²) in [6.07, 6.45) is -0.182. The lowest BCUT2D eigenvalue weighted by Crippen LogP contribution is -2.34. The van der Waals surface area contributed by atoms with E-state index < -0.39 is 12.0 Å². The molecule has 0 aromatic carbocycles. The van der Waals surface area contributed by atoms with Crippen molar-refractivity contribution < 1.29 is 14.7 Å². The molecule has 0 fully saturated rings. The lowest BCUT2D eigenvalue weighted by atomic mass is 10.3. The second-order valence-corrected chi connectivity index (χ2v) is 2.45. The molecule has 1 aromatic heterocycles. The second-order valence-electron chi connectivity index (χ2n) is 2.45. The van der Waals surface area contributed by atoms with E-state index in [0.717, 1.165) is 0 Å². The maximum Gasteiger partial charge on any atom is 0.334 e. The monoisotopic (exact) mass is 199 g/mol. The van der Waals surface area contributed by atoms with Gasteiger partial charge in [-0.05, 0) is 0 Å². The van der Waals surface area contributed by atoms with Gasteiger partial charge >= 0.3 is 12.0 Å². The Balaban J connectivity index is 2.59. The van der Waals surface area contributed by atoms with Crippen molar-refractivity contribution >= 4 is 17.8 Å². The third kappa shape index (κ3) is 2.75. The first-order valence-electron chi connectivity index (χ1n) is 3.65. The van der Waals surface area contributed by atoms with Crippen molar-refractivity contribution in [1.29, 1.82) is 0 Å². The quantitative estimate of drug-likeness (QED) is 0.242. The molecule has 76 valence electrons. The van der Waals surface area contributed by atoms with Crippen LogP contribution in [0.2, 0.25) is 0 Å². The molecule has 14 heavy (non-hydrogen) atoms. The average molecular weight is 199 g/mol. The Morgan fingerprint density at radius 3 is 2.93 bits per heavy atom. The minimum Gasteiger partial charge on any atom is -0.481 e. The number of carboxylic acid groups (broad SMARTS) is 1. The van der Waals surface area contributed by atoms with Crippen molar-refractivity contribution in [2.75, 3.05) is 5.32 Å². The van der Waals surface area contributed by atoms with E-state index in [4.69, 9.17) is 10.9 Å². The summed E-state index contributed by atoms with van der Waals surface area (Å²) < 4.78 is 0. The molecule has 0 aliphatic carbocycles. The Bertz CT molecular complexity index is 347. The number of rotatable bonds is 3. The molecular formula is C6H9N5O3. The number of aliphatic carboxylic acids is 1. The van der Waals surface area contributed by atoms with Crippen LogP contribution in [0.25, 0.3) is 0 Å². The number of carbonyl (C=O) groups excluding carboxylic acids is 1. The van der Waals surface area contributed by atoms with Gasteiger partial charge in [0.1, 0.15) is 0 Å². The van der Waals surface area contributed by atoms with E-state index in [9.17, 15) is 9.59 Å². The van der Waals surface area contributed by atoms with Crippen LogP contribution in [0.3, 0.4) is 0 Å². The highest BCUT2D eigenvalue weighted by Crippen LogP contribution is 2.05. The zero-order chi connectivity index (χ0) is 10.6. The normalized spacial score (nSPS) is 9.50. The Morgan fingerprint density at radius 1 is 1.64 bits per heavy atom. The van der Waals surface area contributed by atoms with Gasteiger partial charge in [-0.3, -0.25) is 20.6 Å². The van der Waals surface area contributed by atoms with Gasteiger partial charge in [-0.1, -0.05) is 0 Å². The number of urea groups is 1. The van der Waals surface area contributed by atoms with Gasteiger partial charge in [0, 0.05) is 11.8 Å². The average Bonchev–Trinajstić information content (AvgIpc) is 2.51. The van der Waals surface area contributed by atoms with E-state index in [0.29, 0.717) is 5.69 Å². The highest BCUT2D eigenvalue weighted by atomic mass is 16.4. The molecule has 0 saturated heterocycles. The fraction of sp³-hybridized carbons (Fsp3) is 0.167. The molecule has 0 radical (unpaired) electrons. The number of hydrazine groups is 1. The Labute approximate surface area is 78.5 Å². The molecule has 1 heterocycles. The molecule has 0 unspecified atom stereocenters. The summed E-state index contributed by atoms with van der Waals surface area (Å²) in [7, 11) is 0. The number of carbonyl (C=O) groups is 2. The molecule has 0 spiro atoms. The zero-order valence-corrected chi connectivity index (χ0v) is 7.07. The summed E-state index contributed by atoms with van der Waals surface area (Å²) in [5, 5.41) is 16.8. The van der Waals surface area contributed by atoms with Gasteiger partial charge in [0.2, 0.25) is 0 Å². The predicted octanol–water partition coefficient (Wildman–Crippen LogP) is -0.968. The topological polar surface area (TPSA) is 133 Å². The third-order valence-electron chi connectivity index (χ3n) is 1.35. The predicted molar refractivity (Wildman–Crippen MR) is 46.3 cm³/mol. The number of carboxylic acids is 1. The van der Waals surface area contributed by atoms with Gasteiger partial charge in [0.05, 0.1) is 6.42 Å². The van der Waals surface area contributed by atoms with Crippen molar-refractivity contribution in [1.82, 2.24) is 15.6 Å². The molecule has 0 aliphatic rings. The molecule has 0 saturated carbocycles. The molecule has 8 nitrogen and oxygen atoms in total. The number of hydrogen-bond donors (Lipinski definition) is 5. The second kappa shape index (κ2) is 4.23. The van der Waals surface area contributed by atoms with Gasteiger partial charge in [0.25, 0.3) is 0 Å². The summed E-state index contributed by atoms with van der Waals surface area (Å²) in [5.41, 5.74) is 2.24. The van der Waals surface area contributed by atoms with Crippen molar-refractivity contribution in [3.8, 4) is 0 Å². The lowest BCUT2D eigenvalue weighted by Gasteiger charge is -1.97. The summed E-state index contributed by atoms with van der Waals surface area (Å²) in [6.45, 7) is 0. The smallest absolute Gasteiger partial charge is 0.334 e. The Hall–Kier alpha value is -2.09. The molecule has 0 aliphatic heterocycles. The number of anilines is 1. The van der Waals surface area contributed by atoms with Gasteiger partial charge in [-0.25, -0.2) is 10.6 Å². The number of H-pyrrole nitrogens is 1. The molecule has 8 heteroatoms. The van der Waals surface area contributed by atoms with Gasteiger partial charge < -0.3 is 5.11 Å². The Kier molecular flexibility index (Phi) is 3.02. The molecule has 2 amide bonds. The van der Waals surface area contributed by atoms with Gasteiger partial charge in [0.15, 0.2) is 5.82 Å². The standard InChI is InChI=1S/C6H9N5O3/c7-9-6(14)8-4-1-3(10-11-4)2-5(12)13/h1H,2,7H2,(H,12,13)(H3,8,9,10,11,14). The maximum atomic E-state index is 10.7. The minimum absolute atomic E-state index is 0.182. The van der Waals surface area contributed by atoms with Crippen molar-refractivity contribution in [2.45, 2.75) is 6.42 Å². The van der Waals surface area contributed by atoms with Gasteiger partial charge in [-0.15, -0.1) is 0 Å². The molecule has 1 rings (SSSR count). The summed E-state index contributed by atoms with van der Waals surface area (Å²) in [6, 6.07) is 0.780. The highest BCUT2D eigenvalue weighted by molar-refractivity contribution is 5.87. The van der Waals surface area contributed by atoms with Crippen molar-refractivity contribution in [3.05, 3.63) is 11.8 Å². The molecule has 0 bridgehead atoms. The number of nitrogens with zero attached hydrogens (tertiary/aromatic N) is 1. The Morgan fingerprint density at radius 2 is 2.36 bits per heavy atom. The summed E-state index contributed by atoms with van der Waals surface area (Å²) in [5.74, 6) is 4.04. The number of amides is 2. The van der Waals surface area contributed by atoms with Crippen LogP contribution in [0.5, 0.6) is 0 Å². The van der Waals surface area contributed by atoms with E-state index in [1.807, 2.05) is 5.43 Å². The lowest BCUT2D eigenvalue weighted by molar-refractivity contribution is -0.136. The third-order valence-corrected chi connectivity index (χ3v) is 1.35. The van der Waals surface area contributed by atoms with E-state index in [1.165, 1.54) is 6.07 Å². The summed E-state index contributed by atoms with van der Waals surface area (Å²) in [4.78, 5) is 21.0. The molecule has 6 N–H and O–H groups in total. The van der Waals surface area contributed by atoms with E-state index >= 15 is 0 Å². The minimum atomic E-state index is -0.983.